The van der Waals surface area contributed by atoms with E-state index in [2.05, 4.69) is 34.4 Å². The van der Waals surface area contributed by atoms with E-state index in [1.165, 1.54) is 17.8 Å². The van der Waals surface area contributed by atoms with Gasteiger partial charge >= 0.3 is 0 Å². The van der Waals surface area contributed by atoms with E-state index >= 15 is 0 Å². The Kier molecular flexibility index (Phi) is 7.17. The molecule has 28 heavy (non-hydrogen) atoms. The highest BCUT2D eigenvalue weighted by molar-refractivity contribution is 7.14. The van der Waals surface area contributed by atoms with Crippen LogP contribution in [0.2, 0.25) is 0 Å². The Morgan fingerprint density at radius 1 is 1.29 bits per heavy atom. The van der Waals surface area contributed by atoms with Crippen molar-refractivity contribution in [3.63, 3.8) is 0 Å². The molecule has 3 rings (SSSR count). The molecule has 1 aromatic heterocycles. The Balaban J connectivity index is 1.44. The van der Waals surface area contributed by atoms with E-state index in [1.807, 2.05) is 23.6 Å². The second-order valence-electron chi connectivity index (χ2n) is 7.54. The number of nitrogens with one attached hydrogen (secondary N) is 2. The summed E-state index contributed by atoms with van der Waals surface area (Å²) in [5, 5.41) is 8.16. The van der Waals surface area contributed by atoms with Crippen LogP contribution in [0.1, 0.15) is 42.7 Å². The van der Waals surface area contributed by atoms with E-state index < -0.39 is 0 Å². The largest absolute Gasteiger partial charge is 0.355 e. The van der Waals surface area contributed by atoms with Gasteiger partial charge in [0.2, 0.25) is 5.91 Å². The molecule has 2 heterocycles. The zero-order valence-electron chi connectivity index (χ0n) is 16.5. The van der Waals surface area contributed by atoms with Gasteiger partial charge in [-0.05, 0) is 51.3 Å². The summed E-state index contributed by atoms with van der Waals surface area (Å²) in [6.07, 6.45) is 2.59. The van der Waals surface area contributed by atoms with Gasteiger partial charge in [0.25, 0.3) is 5.91 Å². The number of thiazole rings is 1. The van der Waals surface area contributed by atoms with Crippen LogP contribution in [0.3, 0.4) is 0 Å². The van der Waals surface area contributed by atoms with Crippen molar-refractivity contribution >= 4 is 28.3 Å². The first-order valence-electron chi connectivity index (χ1n) is 9.83. The molecule has 0 saturated carbocycles. The number of carbonyl (C=O) groups excluding carboxylic acids is 2. The number of benzene rings is 1. The molecule has 1 aliphatic rings. The summed E-state index contributed by atoms with van der Waals surface area (Å²) in [6.45, 7) is 7.35. The maximum atomic E-state index is 12.3. The van der Waals surface area contributed by atoms with Gasteiger partial charge in [0.1, 0.15) is 0 Å². The predicted molar refractivity (Wildman–Crippen MR) is 113 cm³/mol. The number of carbonyl (C=O) groups is 2. The number of amides is 2. The third kappa shape index (κ3) is 5.87. The Morgan fingerprint density at radius 2 is 2.07 bits per heavy atom. The first kappa shape index (κ1) is 20.5. The van der Waals surface area contributed by atoms with Gasteiger partial charge in [-0.25, -0.2) is 4.98 Å². The van der Waals surface area contributed by atoms with Crippen molar-refractivity contribution < 1.29 is 9.59 Å². The summed E-state index contributed by atoms with van der Waals surface area (Å²) in [6, 6.07) is 9.56. The molecular weight excluding hydrogens is 372 g/mol. The number of hydrogen-bond donors (Lipinski definition) is 2. The van der Waals surface area contributed by atoms with Gasteiger partial charge in [-0.2, -0.15) is 0 Å². The summed E-state index contributed by atoms with van der Waals surface area (Å²) in [4.78, 5) is 31.3. The molecule has 1 unspecified atom stereocenters. The van der Waals surface area contributed by atoms with E-state index in [0.717, 1.165) is 19.5 Å². The molecule has 2 N–H and O–H groups in total. The molecule has 2 aromatic rings. The Bertz CT molecular complexity index is 791. The number of hydrogen-bond acceptors (Lipinski definition) is 5. The Hall–Kier alpha value is -2.25. The van der Waals surface area contributed by atoms with Gasteiger partial charge in [0, 0.05) is 30.1 Å². The lowest BCUT2D eigenvalue weighted by atomic mass is 9.97. The average Bonchev–Trinajstić information content (AvgIpc) is 3.14. The Morgan fingerprint density at radius 3 is 2.82 bits per heavy atom. The predicted octanol–water partition coefficient (Wildman–Crippen LogP) is 3.17. The van der Waals surface area contributed by atoms with Crippen LogP contribution in [0.5, 0.6) is 0 Å². The lowest BCUT2D eigenvalue weighted by Gasteiger charge is -2.35. The SMILES string of the molecule is CC(C)N1CCCC(CNC(=O)Cc2csc(NC(=O)c3ccccc3)n2)C1. The van der Waals surface area contributed by atoms with E-state index in [0.29, 0.717) is 34.9 Å². The van der Waals surface area contributed by atoms with Gasteiger partial charge in [-0.1, -0.05) is 18.2 Å². The Labute approximate surface area is 170 Å². The second-order valence-corrected chi connectivity index (χ2v) is 8.40. The van der Waals surface area contributed by atoms with E-state index in [1.54, 1.807) is 12.1 Å². The fraction of sp³-hybridized carbons (Fsp3) is 0.476. The standard InChI is InChI=1S/C21H28N4O2S/c1-15(2)25-10-6-7-16(13-25)12-22-19(26)11-18-14-28-21(23-18)24-20(27)17-8-4-3-5-9-17/h3-5,8-9,14-16H,6-7,10-13H2,1-2H3,(H,22,26)(H,23,24,27). The van der Waals surface area contributed by atoms with Crippen LogP contribution in [0.4, 0.5) is 5.13 Å². The fourth-order valence-corrected chi connectivity index (χ4v) is 4.13. The van der Waals surface area contributed by atoms with Crippen LogP contribution < -0.4 is 10.6 Å². The molecule has 1 aromatic carbocycles. The first-order chi connectivity index (χ1) is 13.5. The third-order valence-electron chi connectivity index (χ3n) is 5.02. The highest BCUT2D eigenvalue weighted by Crippen LogP contribution is 2.19. The molecule has 1 saturated heterocycles. The summed E-state index contributed by atoms with van der Waals surface area (Å²) in [5.74, 6) is 0.294. The number of nitrogens with zero attached hydrogens (tertiary/aromatic N) is 2. The molecule has 0 bridgehead atoms. The topological polar surface area (TPSA) is 74.3 Å². The molecule has 0 aliphatic carbocycles. The number of aromatic nitrogens is 1. The van der Waals surface area contributed by atoms with Crippen molar-refractivity contribution in [3.05, 3.63) is 47.0 Å². The molecule has 6 nitrogen and oxygen atoms in total. The highest BCUT2D eigenvalue weighted by atomic mass is 32.1. The third-order valence-corrected chi connectivity index (χ3v) is 5.83. The van der Waals surface area contributed by atoms with Crippen LogP contribution in [0, 0.1) is 5.92 Å². The van der Waals surface area contributed by atoms with Gasteiger partial charge in [0.05, 0.1) is 12.1 Å². The minimum absolute atomic E-state index is 0.0205. The van der Waals surface area contributed by atoms with Crippen LogP contribution in [-0.2, 0) is 11.2 Å². The summed E-state index contributed by atoms with van der Waals surface area (Å²) < 4.78 is 0. The van der Waals surface area contributed by atoms with Crippen molar-refractivity contribution in [2.75, 3.05) is 25.0 Å². The maximum absolute atomic E-state index is 12.3. The molecule has 0 radical (unpaired) electrons. The lowest BCUT2D eigenvalue weighted by molar-refractivity contribution is -0.120. The minimum atomic E-state index is -0.196. The molecule has 2 amide bonds. The number of anilines is 1. The average molecular weight is 401 g/mol. The van der Waals surface area contributed by atoms with Crippen molar-refractivity contribution in [2.45, 2.75) is 39.2 Å². The molecule has 1 aliphatic heterocycles. The van der Waals surface area contributed by atoms with Crippen molar-refractivity contribution in [3.8, 4) is 0 Å². The van der Waals surface area contributed by atoms with Crippen molar-refractivity contribution in [1.82, 2.24) is 15.2 Å². The van der Waals surface area contributed by atoms with Gasteiger partial charge in [0.15, 0.2) is 5.13 Å². The maximum Gasteiger partial charge on any atom is 0.257 e. The summed E-state index contributed by atoms with van der Waals surface area (Å²) in [5.41, 5.74) is 1.26. The van der Waals surface area contributed by atoms with Gasteiger partial charge in [-0.15, -0.1) is 11.3 Å². The number of piperidine rings is 1. The molecule has 1 atom stereocenters. The number of likely N-dealkylation sites (tertiary alicyclic amines) is 1. The normalized spacial score (nSPS) is 17.5. The zero-order chi connectivity index (χ0) is 19.9. The van der Waals surface area contributed by atoms with Crippen molar-refractivity contribution in [1.29, 1.82) is 0 Å². The van der Waals surface area contributed by atoms with E-state index in [4.69, 9.17) is 0 Å². The lowest BCUT2D eigenvalue weighted by Crippen LogP contribution is -2.44. The number of rotatable bonds is 7. The monoisotopic (exact) mass is 400 g/mol. The van der Waals surface area contributed by atoms with Gasteiger partial charge in [-0.3, -0.25) is 14.9 Å². The van der Waals surface area contributed by atoms with Crippen LogP contribution >= 0.6 is 11.3 Å². The molecule has 150 valence electrons. The quantitative estimate of drug-likeness (QED) is 0.749. The minimum Gasteiger partial charge on any atom is -0.355 e. The van der Waals surface area contributed by atoms with E-state index in [-0.39, 0.29) is 18.2 Å². The highest BCUT2D eigenvalue weighted by Gasteiger charge is 2.22. The van der Waals surface area contributed by atoms with Crippen LogP contribution in [-0.4, -0.2) is 47.4 Å². The van der Waals surface area contributed by atoms with Crippen molar-refractivity contribution in [2.24, 2.45) is 5.92 Å². The van der Waals surface area contributed by atoms with E-state index in [9.17, 15) is 9.59 Å². The smallest absolute Gasteiger partial charge is 0.257 e. The summed E-state index contributed by atoms with van der Waals surface area (Å²) >= 11 is 1.33. The molecular formula is C21H28N4O2S. The molecule has 0 spiro atoms. The summed E-state index contributed by atoms with van der Waals surface area (Å²) in [7, 11) is 0. The zero-order valence-corrected chi connectivity index (χ0v) is 17.3. The fourth-order valence-electron chi connectivity index (χ4n) is 3.42. The van der Waals surface area contributed by atoms with Crippen LogP contribution in [0.25, 0.3) is 0 Å². The first-order valence-corrected chi connectivity index (χ1v) is 10.7. The van der Waals surface area contributed by atoms with Gasteiger partial charge < -0.3 is 10.2 Å². The molecule has 7 heteroatoms. The second kappa shape index (κ2) is 9.80. The molecule has 1 fully saturated rings. The van der Waals surface area contributed by atoms with Crippen LogP contribution in [0.15, 0.2) is 35.7 Å².